The number of carbonyl (C=O) groups is 6. The van der Waals surface area contributed by atoms with Gasteiger partial charge in [0.05, 0.1) is 5.92 Å². The molecule has 0 radical (unpaired) electrons. The van der Waals surface area contributed by atoms with Crippen LogP contribution in [-0.2, 0) is 24.0 Å². The summed E-state index contributed by atoms with van der Waals surface area (Å²) in [5.41, 5.74) is 1.35. The maximum Gasteiger partial charge on any atom is 0.308 e. The molecule has 2 unspecified atom stereocenters. The second-order valence-electron chi connectivity index (χ2n) is 9.48. The number of fused-ring (bicyclic) bond motifs is 1. The predicted molar refractivity (Wildman–Crippen MR) is 145 cm³/mol. The summed E-state index contributed by atoms with van der Waals surface area (Å²) in [6.07, 6.45) is 0. The molecule has 0 fully saturated rings. The lowest BCUT2D eigenvalue weighted by Gasteiger charge is -2.23. The quantitative estimate of drug-likeness (QED) is 0.291. The highest BCUT2D eigenvalue weighted by molar-refractivity contribution is 6.08. The van der Waals surface area contributed by atoms with Gasteiger partial charge < -0.3 is 23.7 Å². The number of ketones is 1. The molecule has 0 saturated heterocycles. The Morgan fingerprint density at radius 1 is 0.500 bits per heavy atom. The zero-order valence-electron chi connectivity index (χ0n) is 23.3. The number of hydrogen-bond donors (Lipinski definition) is 0. The molecule has 4 rings (SSSR count). The summed E-state index contributed by atoms with van der Waals surface area (Å²) >= 11 is 0. The van der Waals surface area contributed by atoms with Crippen molar-refractivity contribution >= 4 is 35.6 Å². The van der Waals surface area contributed by atoms with E-state index in [0.717, 1.165) is 0 Å². The molecule has 1 aliphatic rings. The average molecular weight is 575 g/mol. The van der Waals surface area contributed by atoms with Gasteiger partial charge >= 0.3 is 29.8 Å². The monoisotopic (exact) mass is 574 g/mol. The molecular weight excluding hydrogens is 548 g/mol. The minimum atomic E-state index is -1.01. The van der Waals surface area contributed by atoms with Crippen molar-refractivity contribution in [2.75, 3.05) is 0 Å². The summed E-state index contributed by atoms with van der Waals surface area (Å²) < 4.78 is 26.4. The lowest BCUT2D eigenvalue weighted by molar-refractivity contribution is -0.133. The zero-order chi connectivity index (χ0) is 30.7. The summed E-state index contributed by atoms with van der Waals surface area (Å²) in [6, 6.07) is 13.4. The molecule has 2 atom stereocenters. The van der Waals surface area contributed by atoms with Crippen LogP contribution in [0.25, 0.3) is 0 Å². The molecule has 0 aromatic heterocycles. The van der Waals surface area contributed by atoms with Gasteiger partial charge in [0.1, 0.15) is 28.7 Å². The van der Waals surface area contributed by atoms with Gasteiger partial charge in [-0.05, 0) is 41.5 Å². The number of rotatable bonds is 7. The molecule has 3 aromatic rings. The Hall–Kier alpha value is -5.32. The first-order valence-electron chi connectivity index (χ1n) is 12.7. The maximum atomic E-state index is 14.2. The van der Waals surface area contributed by atoms with Crippen LogP contribution in [0.15, 0.2) is 54.6 Å². The number of esters is 5. The Morgan fingerprint density at radius 2 is 0.952 bits per heavy atom. The lowest BCUT2D eigenvalue weighted by Crippen LogP contribution is -2.15. The van der Waals surface area contributed by atoms with E-state index >= 15 is 0 Å². The second kappa shape index (κ2) is 12.0. The van der Waals surface area contributed by atoms with Crippen molar-refractivity contribution in [2.45, 2.75) is 46.5 Å². The van der Waals surface area contributed by atoms with Crippen molar-refractivity contribution in [1.29, 1.82) is 0 Å². The standard InChI is InChI=1S/C31H26O11/c1-15(32)38-22-8-6-20(7-9-22)28-29(21-10-23(39-16(2)33)12-24(11-21)40-17(3)34)31(37)26-13-25(41-18(4)35)14-27(30(26)28)42-19(5)36/h6-14,28-29H,1-5H3. The summed E-state index contributed by atoms with van der Waals surface area (Å²) in [6.45, 7) is 6.04. The third kappa shape index (κ3) is 6.69. The number of carbonyl (C=O) groups excluding carboxylic acids is 6. The van der Waals surface area contributed by atoms with Gasteiger partial charge in [0.15, 0.2) is 5.78 Å². The van der Waals surface area contributed by atoms with Crippen LogP contribution in [0.4, 0.5) is 0 Å². The van der Waals surface area contributed by atoms with Crippen molar-refractivity contribution in [3.8, 4) is 28.7 Å². The number of benzene rings is 3. The Morgan fingerprint density at radius 3 is 1.43 bits per heavy atom. The Bertz CT molecular complexity index is 1580. The van der Waals surface area contributed by atoms with E-state index in [2.05, 4.69) is 0 Å². The van der Waals surface area contributed by atoms with E-state index in [4.69, 9.17) is 23.7 Å². The molecule has 42 heavy (non-hydrogen) atoms. The van der Waals surface area contributed by atoms with Crippen LogP contribution in [0.1, 0.15) is 73.5 Å². The normalized spacial score (nSPS) is 15.3. The fourth-order valence-electron chi connectivity index (χ4n) is 4.91. The Labute approximate surface area is 240 Å². The molecule has 3 aromatic carbocycles. The van der Waals surface area contributed by atoms with E-state index in [0.29, 0.717) is 16.7 Å². The molecule has 0 amide bonds. The van der Waals surface area contributed by atoms with Gasteiger partial charge in [0.2, 0.25) is 0 Å². The van der Waals surface area contributed by atoms with Gasteiger partial charge in [-0.3, -0.25) is 28.8 Å². The Balaban J connectivity index is 1.98. The van der Waals surface area contributed by atoms with Crippen LogP contribution in [0.2, 0.25) is 0 Å². The summed E-state index contributed by atoms with van der Waals surface area (Å²) in [7, 11) is 0. The summed E-state index contributed by atoms with van der Waals surface area (Å²) in [5, 5.41) is 0. The minimum absolute atomic E-state index is 0.00230. The van der Waals surface area contributed by atoms with E-state index in [-0.39, 0.29) is 34.3 Å². The van der Waals surface area contributed by atoms with E-state index in [9.17, 15) is 28.8 Å². The third-order valence-corrected chi connectivity index (χ3v) is 6.11. The molecule has 0 aliphatic heterocycles. The van der Waals surface area contributed by atoms with Crippen LogP contribution < -0.4 is 23.7 Å². The van der Waals surface area contributed by atoms with Crippen molar-refractivity contribution in [2.24, 2.45) is 0 Å². The van der Waals surface area contributed by atoms with Crippen molar-refractivity contribution < 1.29 is 52.5 Å². The van der Waals surface area contributed by atoms with Crippen LogP contribution in [-0.4, -0.2) is 35.6 Å². The highest BCUT2D eigenvalue weighted by Crippen LogP contribution is 2.53. The largest absolute Gasteiger partial charge is 0.427 e. The molecule has 0 spiro atoms. The molecule has 0 saturated carbocycles. The first-order valence-corrected chi connectivity index (χ1v) is 12.7. The van der Waals surface area contributed by atoms with Gasteiger partial charge in [-0.25, -0.2) is 0 Å². The number of hydrogen-bond acceptors (Lipinski definition) is 11. The summed E-state index contributed by atoms with van der Waals surface area (Å²) in [4.78, 5) is 73.0. The maximum absolute atomic E-state index is 14.2. The third-order valence-electron chi connectivity index (χ3n) is 6.11. The van der Waals surface area contributed by atoms with Crippen LogP contribution in [0.5, 0.6) is 28.7 Å². The average Bonchev–Trinajstić information content (AvgIpc) is 3.15. The van der Waals surface area contributed by atoms with Gasteiger partial charge in [-0.1, -0.05) is 12.1 Å². The zero-order valence-corrected chi connectivity index (χ0v) is 23.3. The Kier molecular flexibility index (Phi) is 8.51. The van der Waals surface area contributed by atoms with Crippen LogP contribution in [0, 0.1) is 0 Å². The van der Waals surface area contributed by atoms with Crippen molar-refractivity contribution in [3.63, 3.8) is 0 Å². The first kappa shape index (κ1) is 29.7. The van der Waals surface area contributed by atoms with E-state index in [1.165, 1.54) is 65.0 Å². The van der Waals surface area contributed by atoms with Crippen LogP contribution in [0.3, 0.4) is 0 Å². The topological polar surface area (TPSA) is 149 Å². The molecule has 0 N–H and O–H groups in total. The molecule has 216 valence electrons. The van der Waals surface area contributed by atoms with E-state index in [1.807, 2.05) is 0 Å². The predicted octanol–water partition coefficient (Wildman–Crippen LogP) is 4.43. The number of Topliss-reactive ketones (excluding diaryl/α,β-unsaturated/α-hetero) is 1. The number of ether oxygens (including phenoxy) is 5. The lowest BCUT2D eigenvalue weighted by atomic mass is 9.81. The second-order valence-corrected chi connectivity index (χ2v) is 9.48. The minimum Gasteiger partial charge on any atom is -0.427 e. The highest BCUT2D eigenvalue weighted by atomic mass is 16.6. The molecular formula is C31H26O11. The first-order chi connectivity index (χ1) is 19.8. The van der Waals surface area contributed by atoms with Crippen molar-refractivity contribution in [3.05, 3.63) is 76.9 Å². The van der Waals surface area contributed by atoms with Gasteiger partial charge in [-0.15, -0.1) is 0 Å². The fourth-order valence-corrected chi connectivity index (χ4v) is 4.91. The van der Waals surface area contributed by atoms with Crippen LogP contribution >= 0.6 is 0 Å². The fraction of sp³-hybridized carbons (Fsp3) is 0.226. The van der Waals surface area contributed by atoms with E-state index < -0.39 is 47.5 Å². The van der Waals surface area contributed by atoms with Gasteiger partial charge in [-0.2, -0.15) is 0 Å². The highest BCUT2D eigenvalue weighted by Gasteiger charge is 2.45. The smallest absolute Gasteiger partial charge is 0.308 e. The van der Waals surface area contributed by atoms with E-state index in [1.54, 1.807) is 24.3 Å². The molecule has 11 heteroatoms. The molecule has 0 heterocycles. The van der Waals surface area contributed by atoms with Gasteiger partial charge in [0.25, 0.3) is 0 Å². The molecule has 11 nitrogen and oxygen atoms in total. The molecule has 0 bridgehead atoms. The summed E-state index contributed by atoms with van der Waals surface area (Å²) in [5.74, 6) is -5.03. The molecule has 1 aliphatic carbocycles. The SMILES string of the molecule is CC(=O)Oc1ccc(C2c3c(OC(C)=O)cc(OC(C)=O)cc3C(=O)C2c2cc(OC(C)=O)cc(OC(C)=O)c2)cc1. The van der Waals surface area contributed by atoms with Crippen molar-refractivity contribution in [1.82, 2.24) is 0 Å². The van der Waals surface area contributed by atoms with Gasteiger partial charge in [0, 0.05) is 63.8 Å².